The number of nitrogens with one attached hydrogen (secondary N) is 1. The lowest BCUT2D eigenvalue weighted by Gasteiger charge is -2.19. The molecule has 0 radical (unpaired) electrons. The highest BCUT2D eigenvalue weighted by molar-refractivity contribution is 6.23. The summed E-state index contributed by atoms with van der Waals surface area (Å²) in [5.74, 6) is 0.886. The smallest absolute Gasteiger partial charge is 0.329 e. The van der Waals surface area contributed by atoms with Crippen molar-refractivity contribution in [3.63, 3.8) is 0 Å². The molecule has 8 nitrogen and oxygen atoms in total. The number of aromatic nitrogens is 2. The van der Waals surface area contributed by atoms with E-state index in [1.165, 1.54) is 12.4 Å². The monoisotopic (exact) mass is 356 g/mol. The van der Waals surface area contributed by atoms with Gasteiger partial charge in [0.25, 0.3) is 5.91 Å². The first-order valence-electron chi connectivity index (χ1n) is 8.19. The number of ether oxygens (including phenoxy) is 2. The Morgan fingerprint density at radius 2 is 1.92 bits per heavy atom. The Labute approximate surface area is 151 Å². The van der Waals surface area contributed by atoms with Gasteiger partial charge in [-0.2, -0.15) is 0 Å². The fourth-order valence-electron chi connectivity index (χ4n) is 2.61. The Morgan fingerprint density at radius 3 is 2.50 bits per heavy atom. The quantitative estimate of drug-likeness (QED) is 0.828. The molecule has 3 amide bonds. The second-order valence-corrected chi connectivity index (χ2v) is 6.21. The van der Waals surface area contributed by atoms with Crippen LogP contribution in [0.2, 0.25) is 0 Å². The van der Waals surface area contributed by atoms with E-state index in [-0.39, 0.29) is 11.9 Å². The number of nitrogens with zero attached hydrogens (tertiary/aromatic N) is 3. The Hall–Kier alpha value is -3.16. The van der Waals surface area contributed by atoms with Gasteiger partial charge < -0.3 is 14.8 Å². The van der Waals surface area contributed by atoms with Crippen LogP contribution in [0.1, 0.15) is 25.8 Å². The van der Waals surface area contributed by atoms with Crippen LogP contribution in [0.4, 0.5) is 10.5 Å². The predicted molar refractivity (Wildman–Crippen MR) is 94.6 cm³/mol. The normalized spacial score (nSPS) is 19.5. The number of imide groups is 1. The van der Waals surface area contributed by atoms with Gasteiger partial charge in [0.05, 0.1) is 25.2 Å². The van der Waals surface area contributed by atoms with E-state index < -0.39 is 11.6 Å². The molecule has 0 spiro atoms. The zero-order chi connectivity index (χ0) is 18.9. The fourth-order valence-corrected chi connectivity index (χ4v) is 2.61. The summed E-state index contributed by atoms with van der Waals surface area (Å²) in [6.45, 7) is 5.46. The lowest BCUT2D eigenvalue weighted by molar-refractivity contribution is -0.121. The summed E-state index contributed by atoms with van der Waals surface area (Å²) >= 11 is 0. The van der Waals surface area contributed by atoms with Crippen LogP contribution >= 0.6 is 0 Å². The third-order valence-corrected chi connectivity index (χ3v) is 4.43. The van der Waals surface area contributed by atoms with Gasteiger partial charge in [-0.25, -0.2) is 19.7 Å². The van der Waals surface area contributed by atoms with Gasteiger partial charge in [-0.05, 0) is 31.9 Å². The summed E-state index contributed by atoms with van der Waals surface area (Å²) in [5, 5.41) is 2.69. The minimum atomic E-state index is -0.912. The number of aryl methyl sites for hydroxylation is 1. The first-order chi connectivity index (χ1) is 12.4. The number of rotatable bonds is 5. The van der Waals surface area contributed by atoms with Gasteiger partial charge in [-0.1, -0.05) is 13.0 Å². The van der Waals surface area contributed by atoms with E-state index in [1.807, 2.05) is 19.9 Å². The zero-order valence-electron chi connectivity index (χ0n) is 15.1. The maximum Gasteiger partial charge on any atom is 0.329 e. The van der Waals surface area contributed by atoms with E-state index in [0.717, 1.165) is 10.5 Å². The van der Waals surface area contributed by atoms with Crippen molar-refractivity contribution in [1.82, 2.24) is 15.3 Å². The van der Waals surface area contributed by atoms with Crippen LogP contribution in [0.5, 0.6) is 17.5 Å². The second-order valence-electron chi connectivity index (χ2n) is 6.21. The van der Waals surface area contributed by atoms with Gasteiger partial charge >= 0.3 is 12.0 Å². The molecule has 0 saturated carbocycles. The minimum Gasteiger partial charge on any atom is -0.496 e. The lowest BCUT2D eigenvalue weighted by Crippen LogP contribution is -2.43. The number of hydrogen-bond donors (Lipinski definition) is 1. The third-order valence-electron chi connectivity index (χ3n) is 4.43. The Bertz CT molecular complexity index is 853. The van der Waals surface area contributed by atoms with Crippen molar-refractivity contribution in [1.29, 1.82) is 0 Å². The lowest BCUT2D eigenvalue weighted by atomic mass is 9.99. The van der Waals surface area contributed by atoms with Crippen LogP contribution in [-0.4, -0.2) is 34.6 Å². The van der Waals surface area contributed by atoms with Gasteiger partial charge in [0.1, 0.15) is 17.0 Å². The van der Waals surface area contributed by atoms with Gasteiger partial charge in [-0.15, -0.1) is 0 Å². The highest BCUT2D eigenvalue weighted by atomic mass is 16.5. The molecule has 1 aliphatic heterocycles. The summed E-state index contributed by atoms with van der Waals surface area (Å²) in [5.41, 5.74) is 0.359. The Balaban J connectivity index is 1.79. The topological polar surface area (TPSA) is 93.7 Å². The Morgan fingerprint density at radius 1 is 1.23 bits per heavy atom. The van der Waals surface area contributed by atoms with E-state index in [4.69, 9.17) is 9.47 Å². The van der Waals surface area contributed by atoms with E-state index in [2.05, 4.69) is 15.3 Å². The molecule has 0 aliphatic carbocycles. The van der Waals surface area contributed by atoms with Crippen molar-refractivity contribution in [3.8, 4) is 17.5 Å². The van der Waals surface area contributed by atoms with Crippen LogP contribution in [0, 0.1) is 6.92 Å². The third kappa shape index (κ3) is 3.05. The zero-order valence-corrected chi connectivity index (χ0v) is 15.1. The Kier molecular flexibility index (Phi) is 4.50. The maximum absolute atomic E-state index is 12.5. The number of hydrogen-bond acceptors (Lipinski definition) is 6. The molecule has 1 saturated heterocycles. The van der Waals surface area contributed by atoms with Crippen molar-refractivity contribution in [2.24, 2.45) is 0 Å². The molecule has 1 aromatic carbocycles. The average molecular weight is 356 g/mol. The first kappa shape index (κ1) is 17.7. The average Bonchev–Trinajstić information content (AvgIpc) is 2.87. The SMILES string of the molecule is CC[C@@]1(C)NC(=O)N(c2cnc(Oc3ccc(C)c(OC)c3)nc2)C1=O. The molecule has 0 unspecified atom stereocenters. The van der Waals surface area contributed by atoms with E-state index in [1.54, 1.807) is 26.2 Å². The molecule has 1 atom stereocenters. The highest BCUT2D eigenvalue weighted by Crippen LogP contribution is 2.28. The van der Waals surface area contributed by atoms with Gasteiger partial charge in [0, 0.05) is 6.07 Å². The van der Waals surface area contributed by atoms with Crippen LogP contribution in [0.3, 0.4) is 0 Å². The van der Waals surface area contributed by atoms with E-state index >= 15 is 0 Å². The molecular weight excluding hydrogens is 336 g/mol. The van der Waals surface area contributed by atoms with Crippen molar-refractivity contribution in [3.05, 3.63) is 36.2 Å². The van der Waals surface area contributed by atoms with Gasteiger partial charge in [-0.3, -0.25) is 4.79 Å². The molecule has 1 aromatic heterocycles. The van der Waals surface area contributed by atoms with E-state index in [9.17, 15) is 9.59 Å². The molecule has 136 valence electrons. The second kappa shape index (κ2) is 6.62. The van der Waals surface area contributed by atoms with Crippen LogP contribution in [-0.2, 0) is 4.79 Å². The minimum absolute atomic E-state index is 0.102. The molecule has 8 heteroatoms. The van der Waals surface area contributed by atoms with Gasteiger partial charge in [0.2, 0.25) is 0 Å². The maximum atomic E-state index is 12.5. The molecule has 1 N–H and O–H groups in total. The fraction of sp³-hybridized carbons (Fsp3) is 0.333. The van der Waals surface area contributed by atoms with Crippen LogP contribution in [0.15, 0.2) is 30.6 Å². The first-order valence-corrected chi connectivity index (χ1v) is 8.19. The standard InChI is InChI=1S/C18H20N4O4/c1-5-18(3)15(23)22(17(24)21-18)12-9-19-16(20-10-12)26-13-7-6-11(2)14(8-13)25-4/h6-10H,5H2,1-4H3,(H,21,24)/t18-/m1/s1. The number of carbonyl (C=O) groups excluding carboxylic acids is 2. The molecule has 2 heterocycles. The number of methoxy groups -OCH3 is 1. The number of carbonyl (C=O) groups is 2. The summed E-state index contributed by atoms with van der Waals surface area (Å²) in [6.07, 6.45) is 3.25. The number of anilines is 1. The molecular formula is C18H20N4O4. The molecule has 3 rings (SSSR count). The van der Waals surface area contributed by atoms with Crippen molar-refractivity contribution >= 4 is 17.6 Å². The van der Waals surface area contributed by atoms with Crippen LogP contribution < -0.4 is 19.7 Å². The molecule has 2 aromatic rings. The van der Waals surface area contributed by atoms with Crippen molar-refractivity contribution in [2.75, 3.05) is 12.0 Å². The number of benzene rings is 1. The summed E-state index contributed by atoms with van der Waals surface area (Å²) < 4.78 is 10.9. The summed E-state index contributed by atoms with van der Waals surface area (Å²) in [6, 6.07) is 4.99. The summed E-state index contributed by atoms with van der Waals surface area (Å²) in [4.78, 5) is 33.8. The van der Waals surface area contributed by atoms with Crippen molar-refractivity contribution in [2.45, 2.75) is 32.7 Å². The van der Waals surface area contributed by atoms with E-state index in [0.29, 0.717) is 23.6 Å². The van der Waals surface area contributed by atoms with Crippen LogP contribution in [0.25, 0.3) is 0 Å². The van der Waals surface area contributed by atoms with Gasteiger partial charge in [0.15, 0.2) is 0 Å². The largest absolute Gasteiger partial charge is 0.496 e. The highest BCUT2D eigenvalue weighted by Gasteiger charge is 2.47. The molecule has 0 bridgehead atoms. The number of amides is 3. The van der Waals surface area contributed by atoms with Crippen molar-refractivity contribution < 1.29 is 19.1 Å². The molecule has 26 heavy (non-hydrogen) atoms. The molecule has 1 aliphatic rings. The molecule has 1 fully saturated rings. The predicted octanol–water partition coefficient (Wildman–Crippen LogP) is 2.81. The summed E-state index contributed by atoms with van der Waals surface area (Å²) in [7, 11) is 1.58. The number of urea groups is 1.